The van der Waals surface area contributed by atoms with E-state index in [1.165, 1.54) is 0 Å². The lowest BCUT2D eigenvalue weighted by atomic mass is 10.1. The highest BCUT2D eigenvalue weighted by Gasteiger charge is 2.27. The molecule has 0 aliphatic heterocycles. The van der Waals surface area contributed by atoms with E-state index in [-0.39, 0.29) is 38.7 Å². The summed E-state index contributed by atoms with van der Waals surface area (Å²) in [4.78, 5) is 49.1. The van der Waals surface area contributed by atoms with Crippen LogP contribution < -0.4 is 10.9 Å². The van der Waals surface area contributed by atoms with E-state index in [1.807, 2.05) is 0 Å². The van der Waals surface area contributed by atoms with E-state index in [2.05, 4.69) is 10.4 Å². The van der Waals surface area contributed by atoms with Crippen molar-refractivity contribution in [2.24, 2.45) is 0 Å². The molecule has 0 bridgehead atoms. The van der Waals surface area contributed by atoms with E-state index in [4.69, 9.17) is 32.7 Å². The van der Waals surface area contributed by atoms with Crippen LogP contribution in [0.3, 0.4) is 0 Å². The number of rotatable bonds is 7. The average molecular weight is 462 g/mol. The number of thiophene rings is 1. The quantitative estimate of drug-likeness (QED) is 0.629. The molecule has 29 heavy (non-hydrogen) atoms. The molecule has 0 spiro atoms. The fourth-order valence-corrected chi connectivity index (χ4v) is 3.68. The molecule has 156 valence electrons. The molecular weight excluding hydrogens is 445 g/mol. The molecule has 0 aliphatic carbocycles. The molecule has 0 saturated carbocycles. The van der Waals surface area contributed by atoms with Crippen molar-refractivity contribution in [3.8, 4) is 0 Å². The van der Waals surface area contributed by atoms with Crippen molar-refractivity contribution in [2.75, 3.05) is 18.5 Å². The van der Waals surface area contributed by atoms with Crippen molar-refractivity contribution in [3.05, 3.63) is 42.6 Å². The van der Waals surface area contributed by atoms with E-state index < -0.39 is 29.9 Å². The summed E-state index contributed by atoms with van der Waals surface area (Å²) in [7, 11) is 0. The van der Waals surface area contributed by atoms with E-state index in [0.717, 1.165) is 22.2 Å². The predicted molar refractivity (Wildman–Crippen MR) is 108 cm³/mol. The lowest BCUT2D eigenvalue weighted by Gasteiger charge is -2.08. The number of anilines is 1. The molecule has 1 amide bonds. The Kier molecular flexibility index (Phi) is 7.77. The summed E-state index contributed by atoms with van der Waals surface area (Å²) in [6.45, 7) is 4.61. The molecule has 9 nitrogen and oxygen atoms in total. The smallest absolute Gasteiger partial charge is 0.348 e. The number of esters is 2. The average Bonchev–Trinajstić information content (AvgIpc) is 2.98. The van der Waals surface area contributed by atoms with Gasteiger partial charge in [-0.1, -0.05) is 23.2 Å². The normalized spacial score (nSPS) is 10.5. The van der Waals surface area contributed by atoms with E-state index in [0.29, 0.717) is 5.56 Å². The van der Waals surface area contributed by atoms with Crippen LogP contribution in [0.15, 0.2) is 11.0 Å². The SMILES string of the molecule is CCOC(=O)c1sc(NC(=O)Cn2ncc(Cl)c(Cl)c2=O)c(C(=O)OCC)c1C. The summed E-state index contributed by atoms with van der Waals surface area (Å²) >= 11 is 12.4. The summed E-state index contributed by atoms with van der Waals surface area (Å²) < 4.78 is 10.8. The molecule has 0 unspecified atom stereocenters. The Morgan fingerprint density at radius 2 is 1.79 bits per heavy atom. The fraction of sp³-hybridized carbons (Fsp3) is 0.353. The zero-order chi connectivity index (χ0) is 21.7. The molecule has 0 radical (unpaired) electrons. The first kappa shape index (κ1) is 22.9. The van der Waals surface area contributed by atoms with Crippen LogP contribution in [0.1, 0.15) is 39.4 Å². The third-order valence-electron chi connectivity index (χ3n) is 3.58. The number of carbonyl (C=O) groups is 3. The van der Waals surface area contributed by atoms with Crippen LogP contribution in [0.5, 0.6) is 0 Å². The van der Waals surface area contributed by atoms with Gasteiger partial charge in [0.15, 0.2) is 0 Å². The number of nitrogens with one attached hydrogen (secondary N) is 1. The van der Waals surface area contributed by atoms with Gasteiger partial charge in [0.05, 0.1) is 30.0 Å². The summed E-state index contributed by atoms with van der Waals surface area (Å²) in [5.74, 6) is -1.99. The lowest BCUT2D eigenvalue weighted by molar-refractivity contribution is -0.117. The minimum atomic E-state index is -0.741. The van der Waals surface area contributed by atoms with Crippen molar-refractivity contribution in [2.45, 2.75) is 27.3 Å². The minimum absolute atomic E-state index is 0.0362. The van der Waals surface area contributed by atoms with E-state index >= 15 is 0 Å². The van der Waals surface area contributed by atoms with Gasteiger partial charge in [-0.15, -0.1) is 11.3 Å². The van der Waals surface area contributed by atoms with Crippen LogP contribution in [0.4, 0.5) is 5.00 Å². The Hall–Kier alpha value is -2.43. The number of ether oxygens (including phenoxy) is 2. The Balaban J connectivity index is 2.35. The molecule has 2 rings (SSSR count). The number of nitrogens with zero attached hydrogens (tertiary/aromatic N) is 2. The second-order valence-corrected chi connectivity index (χ2v) is 7.32. The number of halogens is 2. The molecule has 2 heterocycles. The first-order valence-electron chi connectivity index (χ1n) is 8.39. The number of carbonyl (C=O) groups excluding carboxylic acids is 3. The molecule has 0 atom stereocenters. The summed E-state index contributed by atoms with van der Waals surface area (Å²) in [5.41, 5.74) is -0.371. The largest absolute Gasteiger partial charge is 0.462 e. The standard InChI is InChI=1S/C17H17Cl2N3O6S/c1-4-27-16(25)11-8(3)13(17(26)28-5-2)29-14(11)21-10(23)7-22-15(24)12(19)9(18)6-20-22/h6H,4-5,7H2,1-3H3,(H,21,23). The van der Waals surface area contributed by atoms with Gasteiger partial charge in [0.25, 0.3) is 5.56 Å². The van der Waals surface area contributed by atoms with Gasteiger partial charge in [-0.25, -0.2) is 14.3 Å². The van der Waals surface area contributed by atoms with Gasteiger partial charge in [0, 0.05) is 0 Å². The highest BCUT2D eigenvalue weighted by atomic mass is 35.5. The summed E-state index contributed by atoms with van der Waals surface area (Å²) in [5, 5.41) is 6.06. The van der Waals surface area contributed by atoms with Gasteiger partial charge < -0.3 is 14.8 Å². The van der Waals surface area contributed by atoms with Gasteiger partial charge in [0.2, 0.25) is 5.91 Å². The third-order valence-corrected chi connectivity index (χ3v) is 5.51. The Bertz CT molecular complexity index is 1020. The molecule has 0 fully saturated rings. The van der Waals surface area contributed by atoms with E-state index in [1.54, 1.807) is 20.8 Å². The Labute approximate surface area is 179 Å². The molecule has 0 aromatic carbocycles. The number of amides is 1. The van der Waals surface area contributed by atoms with Gasteiger partial charge in [-0.2, -0.15) is 5.10 Å². The molecule has 0 aliphatic rings. The van der Waals surface area contributed by atoms with Gasteiger partial charge in [-0.3, -0.25) is 9.59 Å². The third kappa shape index (κ3) is 5.14. The maximum Gasteiger partial charge on any atom is 0.348 e. The van der Waals surface area contributed by atoms with Crippen LogP contribution in [-0.4, -0.2) is 40.8 Å². The van der Waals surface area contributed by atoms with E-state index in [9.17, 15) is 19.2 Å². The highest BCUT2D eigenvalue weighted by molar-refractivity contribution is 7.18. The van der Waals surface area contributed by atoms with Crippen LogP contribution >= 0.6 is 34.5 Å². The van der Waals surface area contributed by atoms with Crippen molar-refractivity contribution in [1.29, 1.82) is 0 Å². The topological polar surface area (TPSA) is 117 Å². The predicted octanol–water partition coefficient (Wildman–Crippen LogP) is 2.91. The van der Waals surface area contributed by atoms with Crippen molar-refractivity contribution < 1.29 is 23.9 Å². The molecular formula is C17H17Cl2N3O6S. The van der Waals surface area contributed by atoms with Crippen LogP contribution in [-0.2, 0) is 20.8 Å². The van der Waals surface area contributed by atoms with Gasteiger partial charge >= 0.3 is 11.9 Å². The fourth-order valence-electron chi connectivity index (χ4n) is 2.30. The second kappa shape index (κ2) is 9.86. The molecule has 2 aromatic heterocycles. The number of hydrogen-bond donors (Lipinski definition) is 1. The highest BCUT2D eigenvalue weighted by Crippen LogP contribution is 2.34. The number of aromatic nitrogens is 2. The zero-order valence-corrected chi connectivity index (χ0v) is 18.0. The summed E-state index contributed by atoms with van der Waals surface area (Å²) in [6, 6.07) is 0. The molecule has 1 N–H and O–H groups in total. The molecule has 2 aromatic rings. The zero-order valence-electron chi connectivity index (χ0n) is 15.7. The van der Waals surface area contributed by atoms with Gasteiger partial charge in [-0.05, 0) is 26.3 Å². The van der Waals surface area contributed by atoms with Crippen molar-refractivity contribution >= 4 is 57.4 Å². The lowest BCUT2D eigenvalue weighted by Crippen LogP contribution is -2.30. The Morgan fingerprint density at radius 1 is 1.17 bits per heavy atom. The molecule has 12 heteroatoms. The van der Waals surface area contributed by atoms with Crippen molar-refractivity contribution in [3.63, 3.8) is 0 Å². The van der Waals surface area contributed by atoms with Crippen molar-refractivity contribution in [1.82, 2.24) is 9.78 Å². The first-order chi connectivity index (χ1) is 13.7. The Morgan fingerprint density at radius 3 is 2.41 bits per heavy atom. The monoisotopic (exact) mass is 461 g/mol. The van der Waals surface area contributed by atoms with Crippen LogP contribution in [0, 0.1) is 6.92 Å². The number of hydrogen-bond acceptors (Lipinski definition) is 8. The maximum atomic E-state index is 12.4. The second-order valence-electron chi connectivity index (χ2n) is 5.52. The van der Waals surface area contributed by atoms with Gasteiger partial charge in [0.1, 0.15) is 21.4 Å². The minimum Gasteiger partial charge on any atom is -0.462 e. The summed E-state index contributed by atoms with van der Waals surface area (Å²) in [6.07, 6.45) is 1.14. The van der Waals surface area contributed by atoms with Crippen LogP contribution in [0.2, 0.25) is 10.0 Å². The van der Waals surface area contributed by atoms with Crippen LogP contribution in [0.25, 0.3) is 0 Å². The first-order valence-corrected chi connectivity index (χ1v) is 9.97. The maximum absolute atomic E-state index is 12.4. The molecule has 0 saturated heterocycles.